The van der Waals surface area contributed by atoms with Crippen LogP contribution in [0.3, 0.4) is 0 Å². The Hall–Kier alpha value is -2.92. The molecule has 0 N–H and O–H groups in total. The number of aryl methyl sites for hydroxylation is 1. The Labute approximate surface area is 219 Å². The van der Waals surface area contributed by atoms with Gasteiger partial charge in [-0.05, 0) is 60.7 Å². The summed E-state index contributed by atoms with van der Waals surface area (Å²) >= 11 is 1.25. The third-order valence-electron chi connectivity index (χ3n) is 6.53. The second-order valence-corrected chi connectivity index (χ2v) is 10.7. The molecule has 1 saturated carbocycles. The fourth-order valence-electron chi connectivity index (χ4n) is 4.64. The first-order chi connectivity index (χ1) is 17.9. The quantitative estimate of drug-likeness (QED) is 0.403. The Morgan fingerprint density at radius 1 is 1.24 bits per heavy atom. The predicted octanol–water partition coefficient (Wildman–Crippen LogP) is 3.61. The van der Waals surface area contributed by atoms with E-state index in [0.717, 1.165) is 18.4 Å². The first kappa shape index (κ1) is 27.1. The van der Waals surface area contributed by atoms with Crippen LogP contribution in [-0.4, -0.2) is 66.9 Å². The van der Waals surface area contributed by atoms with Crippen LogP contribution in [0.5, 0.6) is 0 Å². The maximum absolute atomic E-state index is 14.9. The summed E-state index contributed by atoms with van der Waals surface area (Å²) in [4.78, 5) is 39.0. The molecular formula is C26H32FN5O4S. The van der Waals surface area contributed by atoms with Crippen molar-refractivity contribution >= 4 is 34.7 Å². The van der Waals surface area contributed by atoms with E-state index in [-0.39, 0.29) is 34.5 Å². The van der Waals surface area contributed by atoms with Gasteiger partial charge in [0.25, 0.3) is 0 Å². The van der Waals surface area contributed by atoms with E-state index in [1.165, 1.54) is 24.8 Å². The number of rotatable bonds is 11. The number of carbonyl (C=O) groups excluding carboxylic acids is 3. The van der Waals surface area contributed by atoms with Crippen LogP contribution >= 0.6 is 11.8 Å². The van der Waals surface area contributed by atoms with Crippen molar-refractivity contribution in [3.63, 3.8) is 0 Å². The fourth-order valence-corrected chi connectivity index (χ4v) is 5.56. The topological polar surface area (TPSA) is 107 Å². The molecule has 0 bridgehead atoms. The Bertz CT molecular complexity index is 1170. The molecule has 1 aromatic heterocycles. The molecule has 1 aromatic carbocycles. The van der Waals surface area contributed by atoms with E-state index in [2.05, 4.69) is 15.5 Å². The smallest absolute Gasteiger partial charge is 0.305 e. The standard InChI is InChI=1S/C26H32FN5O4S/c1-3-36-24(34)9-6-13-32-23(28-29-30-32)15-19-16-31(14-12-22(19)37-17(2)33)25(26(35)18-10-11-18)20-7-4-5-8-21(20)27/h4-5,7-8,15,18,22,25H,3,6,9-14,16H2,1-2H3. The second kappa shape index (κ2) is 12.6. The third kappa shape index (κ3) is 7.10. The van der Waals surface area contributed by atoms with Gasteiger partial charge in [-0.2, -0.15) is 0 Å². The van der Waals surface area contributed by atoms with Crippen molar-refractivity contribution < 1.29 is 23.5 Å². The summed E-state index contributed by atoms with van der Waals surface area (Å²) < 4.78 is 21.5. The molecular weight excluding hydrogens is 497 g/mol. The number of Topliss-reactive ketones (excluding diaryl/α,β-unsaturated/α-hetero) is 1. The molecule has 2 atom stereocenters. The number of halogens is 1. The minimum absolute atomic E-state index is 0.00177. The van der Waals surface area contributed by atoms with Crippen molar-refractivity contribution in [1.82, 2.24) is 25.1 Å². The molecule has 2 heterocycles. The second-order valence-electron chi connectivity index (χ2n) is 9.35. The largest absolute Gasteiger partial charge is 0.466 e. The average molecular weight is 530 g/mol. The lowest BCUT2D eigenvalue weighted by Crippen LogP contribution is -2.43. The number of ketones is 1. The van der Waals surface area contributed by atoms with E-state index in [1.807, 2.05) is 11.0 Å². The van der Waals surface area contributed by atoms with Crippen LogP contribution in [0.4, 0.5) is 4.39 Å². The van der Waals surface area contributed by atoms with E-state index >= 15 is 0 Å². The summed E-state index contributed by atoms with van der Waals surface area (Å²) in [6, 6.07) is 5.78. The van der Waals surface area contributed by atoms with Crippen LogP contribution < -0.4 is 0 Å². The maximum Gasteiger partial charge on any atom is 0.305 e. The summed E-state index contributed by atoms with van der Waals surface area (Å²) in [7, 11) is 0. The molecule has 2 fully saturated rings. The summed E-state index contributed by atoms with van der Waals surface area (Å²) in [6.07, 6.45) is 4.94. The number of nitrogens with zero attached hydrogens (tertiary/aromatic N) is 5. The zero-order valence-electron chi connectivity index (χ0n) is 21.1. The number of benzene rings is 1. The fraction of sp³-hybridized carbons (Fsp3) is 0.538. The summed E-state index contributed by atoms with van der Waals surface area (Å²) in [5.41, 5.74) is 1.29. The van der Waals surface area contributed by atoms with E-state index < -0.39 is 11.9 Å². The Kier molecular flexibility index (Phi) is 9.20. The van der Waals surface area contributed by atoms with Crippen LogP contribution in [0.2, 0.25) is 0 Å². The Balaban J connectivity index is 1.58. The van der Waals surface area contributed by atoms with Gasteiger partial charge < -0.3 is 4.74 Å². The number of aromatic nitrogens is 4. The maximum atomic E-state index is 14.9. The highest BCUT2D eigenvalue weighted by Gasteiger charge is 2.41. The lowest BCUT2D eigenvalue weighted by molar-refractivity contribution is -0.143. The van der Waals surface area contributed by atoms with Gasteiger partial charge in [0.15, 0.2) is 16.7 Å². The van der Waals surface area contributed by atoms with Crippen LogP contribution in [0.25, 0.3) is 6.08 Å². The highest BCUT2D eigenvalue weighted by molar-refractivity contribution is 8.14. The molecule has 2 aromatic rings. The highest BCUT2D eigenvalue weighted by atomic mass is 32.2. The number of carbonyl (C=O) groups is 3. The van der Waals surface area contributed by atoms with Crippen molar-refractivity contribution in [2.45, 2.75) is 63.8 Å². The van der Waals surface area contributed by atoms with Crippen LogP contribution in [0.15, 0.2) is 29.8 Å². The first-order valence-corrected chi connectivity index (χ1v) is 13.6. The molecule has 2 unspecified atom stereocenters. The molecule has 4 rings (SSSR count). The molecule has 1 aliphatic heterocycles. The average Bonchev–Trinajstić information content (AvgIpc) is 3.63. The lowest BCUT2D eigenvalue weighted by atomic mass is 9.93. The van der Waals surface area contributed by atoms with Crippen LogP contribution in [0.1, 0.15) is 63.4 Å². The number of hydrogen-bond acceptors (Lipinski definition) is 9. The molecule has 198 valence electrons. The number of esters is 1. The van der Waals surface area contributed by atoms with Gasteiger partial charge in [0.1, 0.15) is 5.82 Å². The molecule has 0 spiro atoms. The van der Waals surface area contributed by atoms with E-state index in [4.69, 9.17) is 4.74 Å². The molecule has 37 heavy (non-hydrogen) atoms. The Morgan fingerprint density at radius 3 is 2.73 bits per heavy atom. The van der Waals surface area contributed by atoms with Gasteiger partial charge in [-0.3, -0.25) is 19.3 Å². The molecule has 0 radical (unpaired) electrons. The molecule has 9 nitrogen and oxygen atoms in total. The van der Waals surface area contributed by atoms with Crippen LogP contribution in [0, 0.1) is 11.7 Å². The number of hydrogen-bond donors (Lipinski definition) is 0. The summed E-state index contributed by atoms with van der Waals surface area (Å²) in [5, 5.41) is 11.9. The van der Waals surface area contributed by atoms with E-state index in [9.17, 15) is 18.8 Å². The van der Waals surface area contributed by atoms with Gasteiger partial charge in [-0.25, -0.2) is 9.07 Å². The van der Waals surface area contributed by atoms with Gasteiger partial charge in [-0.15, -0.1) is 5.10 Å². The lowest BCUT2D eigenvalue weighted by Gasteiger charge is -2.38. The molecule has 11 heteroatoms. The van der Waals surface area contributed by atoms with Crippen molar-refractivity contribution in [2.24, 2.45) is 5.92 Å². The highest BCUT2D eigenvalue weighted by Crippen LogP contribution is 2.40. The zero-order chi connectivity index (χ0) is 26.4. The van der Waals surface area contributed by atoms with Gasteiger partial charge in [0.2, 0.25) is 0 Å². The predicted molar refractivity (Wildman–Crippen MR) is 137 cm³/mol. The molecule has 1 aliphatic carbocycles. The summed E-state index contributed by atoms with van der Waals surface area (Å²) in [5.74, 6) is -0.140. The van der Waals surface area contributed by atoms with Crippen molar-refractivity contribution in [2.75, 3.05) is 19.7 Å². The first-order valence-electron chi connectivity index (χ1n) is 12.7. The van der Waals surface area contributed by atoms with Gasteiger partial charge in [-0.1, -0.05) is 30.0 Å². The van der Waals surface area contributed by atoms with Crippen molar-refractivity contribution in [3.8, 4) is 0 Å². The molecule has 2 aliphatic rings. The van der Waals surface area contributed by atoms with Crippen LogP contribution in [-0.2, 0) is 25.7 Å². The monoisotopic (exact) mass is 529 g/mol. The molecule has 0 amide bonds. The molecule has 1 saturated heterocycles. The zero-order valence-corrected chi connectivity index (χ0v) is 22.0. The van der Waals surface area contributed by atoms with E-state index in [0.29, 0.717) is 50.5 Å². The van der Waals surface area contributed by atoms with Gasteiger partial charge >= 0.3 is 5.97 Å². The number of piperidine rings is 1. The Morgan fingerprint density at radius 2 is 2.03 bits per heavy atom. The number of ether oxygens (including phenoxy) is 1. The number of likely N-dealkylation sites (tertiary alicyclic amines) is 1. The number of thioether (sulfide) groups is 1. The van der Waals surface area contributed by atoms with Gasteiger partial charge in [0.05, 0.1) is 12.6 Å². The SMILES string of the molecule is CCOC(=O)CCCn1nnnc1C=C1CN(C(C(=O)C2CC2)c2ccccc2F)CCC1SC(C)=O. The van der Waals surface area contributed by atoms with Crippen molar-refractivity contribution in [1.29, 1.82) is 0 Å². The third-order valence-corrected chi connectivity index (χ3v) is 7.69. The normalized spacial score (nSPS) is 20.1. The van der Waals surface area contributed by atoms with Gasteiger partial charge in [0, 0.05) is 49.7 Å². The summed E-state index contributed by atoms with van der Waals surface area (Å²) in [6.45, 7) is 5.01. The minimum atomic E-state index is -0.680. The number of tetrazole rings is 1. The van der Waals surface area contributed by atoms with E-state index in [1.54, 1.807) is 29.8 Å². The minimum Gasteiger partial charge on any atom is -0.466 e. The van der Waals surface area contributed by atoms with Crippen molar-refractivity contribution in [3.05, 3.63) is 47.0 Å².